The van der Waals surface area contributed by atoms with Gasteiger partial charge < -0.3 is 20.6 Å². The van der Waals surface area contributed by atoms with Gasteiger partial charge in [0.05, 0.1) is 13.0 Å². The summed E-state index contributed by atoms with van der Waals surface area (Å²) in [4.78, 5) is 21.4. The van der Waals surface area contributed by atoms with E-state index in [9.17, 15) is 14.7 Å². The van der Waals surface area contributed by atoms with Crippen molar-refractivity contribution >= 4 is 41.4 Å². The van der Waals surface area contributed by atoms with Gasteiger partial charge in [-0.05, 0) is 0 Å². The summed E-state index contributed by atoms with van der Waals surface area (Å²) in [5, 5.41) is 29.0. The number of carbonyl (C=O) groups excluding carboxylic acids is 1. The molecule has 4 N–H and O–H groups in total. The SMILES string of the molecule is CC(C)(CO)[C@@H](O)C(=O)NCCC(=O)O.[NaH]. The molecule has 0 heterocycles. The van der Waals surface area contributed by atoms with E-state index in [4.69, 9.17) is 10.2 Å². The molecule has 0 saturated carbocycles. The van der Waals surface area contributed by atoms with Crippen molar-refractivity contribution in [2.75, 3.05) is 13.2 Å². The molecule has 0 aliphatic heterocycles. The van der Waals surface area contributed by atoms with E-state index in [2.05, 4.69) is 5.32 Å². The van der Waals surface area contributed by atoms with E-state index in [0.29, 0.717) is 0 Å². The molecule has 0 fully saturated rings. The number of carboxylic acids is 1. The van der Waals surface area contributed by atoms with Gasteiger partial charge in [0, 0.05) is 12.0 Å². The predicted molar refractivity (Wildman–Crippen MR) is 59.3 cm³/mol. The van der Waals surface area contributed by atoms with Crippen molar-refractivity contribution < 1.29 is 24.9 Å². The van der Waals surface area contributed by atoms with E-state index >= 15 is 0 Å². The molecule has 1 atom stereocenters. The van der Waals surface area contributed by atoms with Crippen LogP contribution in [0.3, 0.4) is 0 Å². The van der Waals surface area contributed by atoms with Crippen LogP contribution in [0.1, 0.15) is 20.3 Å². The fraction of sp³-hybridized carbons (Fsp3) is 0.778. The Morgan fingerprint density at radius 2 is 1.88 bits per heavy atom. The Labute approximate surface area is 116 Å². The van der Waals surface area contributed by atoms with Gasteiger partial charge in [0.2, 0.25) is 5.91 Å². The van der Waals surface area contributed by atoms with E-state index in [-0.39, 0.29) is 49.1 Å². The number of rotatable bonds is 6. The molecule has 0 saturated heterocycles. The summed E-state index contributed by atoms with van der Waals surface area (Å²) in [5.74, 6) is -1.69. The first-order valence-electron chi connectivity index (χ1n) is 4.59. The van der Waals surface area contributed by atoms with E-state index in [1.807, 2.05) is 0 Å². The third-order valence-corrected chi connectivity index (χ3v) is 2.03. The zero-order chi connectivity index (χ0) is 12.1. The second-order valence-corrected chi connectivity index (χ2v) is 3.98. The van der Waals surface area contributed by atoms with Crippen LogP contribution in [0.2, 0.25) is 0 Å². The summed E-state index contributed by atoms with van der Waals surface area (Å²) >= 11 is 0. The normalized spacial score (nSPS) is 12.5. The molecular weight excluding hydrogens is 225 g/mol. The summed E-state index contributed by atoms with van der Waals surface area (Å²) in [6.45, 7) is 2.70. The molecule has 7 heteroatoms. The monoisotopic (exact) mass is 243 g/mol. The van der Waals surface area contributed by atoms with Crippen LogP contribution in [-0.2, 0) is 9.59 Å². The van der Waals surface area contributed by atoms with Crippen LogP contribution in [0.25, 0.3) is 0 Å². The molecular formula is C9H18NNaO5. The fourth-order valence-corrected chi connectivity index (χ4v) is 0.831. The average molecular weight is 243 g/mol. The first kappa shape index (κ1) is 18.2. The van der Waals surface area contributed by atoms with Crippen LogP contribution in [0.4, 0.5) is 0 Å². The molecule has 0 bridgehead atoms. The molecule has 0 aromatic heterocycles. The minimum atomic E-state index is -1.35. The summed E-state index contributed by atoms with van der Waals surface area (Å²) in [5.41, 5.74) is -0.937. The molecule has 0 spiro atoms. The molecule has 0 aliphatic rings. The van der Waals surface area contributed by atoms with E-state index in [1.165, 1.54) is 13.8 Å². The first-order valence-corrected chi connectivity index (χ1v) is 4.59. The van der Waals surface area contributed by atoms with Crippen molar-refractivity contribution in [2.24, 2.45) is 5.41 Å². The van der Waals surface area contributed by atoms with Gasteiger partial charge in [0.1, 0.15) is 6.10 Å². The minimum absolute atomic E-state index is 0. The van der Waals surface area contributed by atoms with Crippen molar-refractivity contribution in [2.45, 2.75) is 26.4 Å². The Balaban J connectivity index is 0. The standard InChI is InChI=1S/C9H17NO5.Na.H/c1-9(2,5-11)7(14)8(15)10-4-3-6(12)13;;/h7,11,14H,3-5H2,1-2H3,(H,10,15)(H,12,13);;/t7-;;/m0../s1. The van der Waals surface area contributed by atoms with Crippen LogP contribution >= 0.6 is 0 Å². The van der Waals surface area contributed by atoms with Gasteiger partial charge in [0.25, 0.3) is 0 Å². The Hall–Kier alpha value is -0.140. The van der Waals surface area contributed by atoms with Crippen molar-refractivity contribution in [1.29, 1.82) is 0 Å². The zero-order valence-corrected chi connectivity index (χ0v) is 8.86. The van der Waals surface area contributed by atoms with E-state index in [1.54, 1.807) is 0 Å². The first-order chi connectivity index (χ1) is 6.81. The third-order valence-electron chi connectivity index (χ3n) is 2.03. The second-order valence-electron chi connectivity index (χ2n) is 3.98. The Morgan fingerprint density at radius 1 is 1.38 bits per heavy atom. The van der Waals surface area contributed by atoms with Crippen molar-refractivity contribution in [3.63, 3.8) is 0 Å². The molecule has 0 aliphatic carbocycles. The molecule has 0 radical (unpaired) electrons. The van der Waals surface area contributed by atoms with E-state index < -0.39 is 23.4 Å². The summed E-state index contributed by atoms with van der Waals surface area (Å²) in [7, 11) is 0. The Morgan fingerprint density at radius 3 is 2.25 bits per heavy atom. The van der Waals surface area contributed by atoms with Gasteiger partial charge >= 0.3 is 35.5 Å². The van der Waals surface area contributed by atoms with Gasteiger partial charge in [-0.15, -0.1) is 0 Å². The quantitative estimate of drug-likeness (QED) is 0.416. The number of aliphatic hydroxyl groups excluding tert-OH is 2. The molecule has 0 aromatic rings. The molecule has 6 nitrogen and oxygen atoms in total. The van der Waals surface area contributed by atoms with Crippen molar-refractivity contribution in [1.82, 2.24) is 5.32 Å². The van der Waals surface area contributed by atoms with Crippen LogP contribution in [0.5, 0.6) is 0 Å². The van der Waals surface area contributed by atoms with Gasteiger partial charge in [-0.3, -0.25) is 9.59 Å². The van der Waals surface area contributed by atoms with Crippen molar-refractivity contribution in [3.8, 4) is 0 Å². The Kier molecular flexibility index (Phi) is 9.14. The van der Waals surface area contributed by atoms with Crippen LogP contribution in [0.15, 0.2) is 0 Å². The van der Waals surface area contributed by atoms with E-state index in [0.717, 1.165) is 0 Å². The molecule has 1 amide bonds. The number of carbonyl (C=O) groups is 2. The van der Waals surface area contributed by atoms with Crippen LogP contribution < -0.4 is 5.32 Å². The van der Waals surface area contributed by atoms with Gasteiger partial charge in [0.15, 0.2) is 0 Å². The van der Waals surface area contributed by atoms with Crippen molar-refractivity contribution in [3.05, 3.63) is 0 Å². The predicted octanol–water partition coefficient (Wildman–Crippen LogP) is -1.69. The van der Waals surface area contributed by atoms with Crippen LogP contribution in [-0.4, -0.2) is 76.0 Å². The number of hydrogen-bond donors (Lipinski definition) is 4. The average Bonchev–Trinajstić information content (AvgIpc) is 2.15. The molecule has 16 heavy (non-hydrogen) atoms. The van der Waals surface area contributed by atoms with Gasteiger partial charge in [-0.2, -0.15) is 0 Å². The molecule has 0 rings (SSSR count). The zero-order valence-electron chi connectivity index (χ0n) is 8.86. The molecule has 0 unspecified atom stereocenters. The number of nitrogens with one attached hydrogen (secondary N) is 1. The topological polar surface area (TPSA) is 107 Å². The molecule has 0 aromatic carbocycles. The summed E-state index contributed by atoms with van der Waals surface area (Å²) < 4.78 is 0. The Bertz CT molecular complexity index is 244. The molecule has 90 valence electrons. The fourth-order valence-electron chi connectivity index (χ4n) is 0.831. The summed E-state index contributed by atoms with van der Waals surface area (Å²) in [6.07, 6.45) is -1.55. The number of carboxylic acid groups (broad SMARTS) is 1. The van der Waals surface area contributed by atoms with Gasteiger partial charge in [-0.25, -0.2) is 0 Å². The van der Waals surface area contributed by atoms with Crippen LogP contribution in [0, 0.1) is 5.41 Å². The number of aliphatic carboxylic acids is 1. The third kappa shape index (κ3) is 6.44. The number of hydrogen-bond acceptors (Lipinski definition) is 4. The maximum atomic E-state index is 11.3. The van der Waals surface area contributed by atoms with Gasteiger partial charge in [-0.1, -0.05) is 13.8 Å². The number of amides is 1. The maximum absolute atomic E-state index is 11.3. The summed E-state index contributed by atoms with van der Waals surface area (Å²) in [6, 6.07) is 0. The second kappa shape index (κ2) is 8.03. The number of aliphatic hydroxyl groups is 2.